The highest BCUT2D eigenvalue weighted by Gasteiger charge is 2.17. The Balaban J connectivity index is 1.66. The van der Waals surface area contributed by atoms with Crippen molar-refractivity contribution in [1.82, 2.24) is 24.6 Å². The van der Waals surface area contributed by atoms with Gasteiger partial charge in [-0.2, -0.15) is 5.10 Å². The van der Waals surface area contributed by atoms with Crippen LogP contribution in [0.4, 0.5) is 0 Å². The third kappa shape index (κ3) is 5.91. The predicted octanol–water partition coefficient (Wildman–Crippen LogP) is 3.29. The second kappa shape index (κ2) is 10.7. The smallest absolute Gasteiger partial charge is 0.341 e. The number of hydrogen-bond acceptors (Lipinski definition) is 7. The molecule has 2 aromatic heterocycles. The van der Waals surface area contributed by atoms with E-state index in [-0.39, 0.29) is 11.7 Å². The van der Waals surface area contributed by atoms with Crippen LogP contribution in [0.1, 0.15) is 35.5 Å². The first-order valence-corrected chi connectivity index (χ1v) is 11.0. The van der Waals surface area contributed by atoms with Gasteiger partial charge in [-0.05, 0) is 26.3 Å². The SMILES string of the molecule is CCOC(=O)c1cn(-c2cc(SCC(=O)N(CC)Cc3ccccc3)ncn2)nc1C. The van der Waals surface area contributed by atoms with E-state index in [9.17, 15) is 9.59 Å². The highest BCUT2D eigenvalue weighted by molar-refractivity contribution is 7.99. The molecule has 3 rings (SSSR count). The lowest BCUT2D eigenvalue weighted by atomic mass is 10.2. The quantitative estimate of drug-likeness (QED) is 0.287. The molecule has 1 amide bonds. The molecule has 0 N–H and O–H groups in total. The number of esters is 1. The fraction of sp³-hybridized carbons (Fsp3) is 0.318. The molecule has 31 heavy (non-hydrogen) atoms. The van der Waals surface area contributed by atoms with Gasteiger partial charge in [0.1, 0.15) is 16.9 Å². The zero-order valence-corrected chi connectivity index (χ0v) is 18.6. The van der Waals surface area contributed by atoms with Crippen molar-refractivity contribution >= 4 is 23.6 Å². The molecule has 162 valence electrons. The predicted molar refractivity (Wildman–Crippen MR) is 118 cm³/mol. The summed E-state index contributed by atoms with van der Waals surface area (Å²) in [6, 6.07) is 11.7. The summed E-state index contributed by atoms with van der Waals surface area (Å²) in [5.41, 5.74) is 2.05. The van der Waals surface area contributed by atoms with Crippen LogP contribution < -0.4 is 0 Å². The summed E-state index contributed by atoms with van der Waals surface area (Å²) in [5.74, 6) is 0.401. The van der Waals surface area contributed by atoms with Crippen LogP contribution in [-0.4, -0.2) is 55.4 Å². The zero-order chi connectivity index (χ0) is 22.2. The van der Waals surface area contributed by atoms with E-state index in [4.69, 9.17) is 4.74 Å². The van der Waals surface area contributed by atoms with Gasteiger partial charge in [0, 0.05) is 25.4 Å². The molecule has 0 saturated heterocycles. The molecule has 0 aliphatic heterocycles. The highest BCUT2D eigenvalue weighted by Crippen LogP contribution is 2.19. The van der Waals surface area contributed by atoms with Crippen LogP contribution in [0.15, 0.2) is 53.9 Å². The Morgan fingerprint density at radius 2 is 1.94 bits per heavy atom. The van der Waals surface area contributed by atoms with Crippen LogP contribution in [0.25, 0.3) is 5.82 Å². The van der Waals surface area contributed by atoms with Crippen LogP contribution >= 0.6 is 11.8 Å². The number of amides is 1. The van der Waals surface area contributed by atoms with Gasteiger partial charge in [-0.1, -0.05) is 42.1 Å². The third-order valence-electron chi connectivity index (χ3n) is 4.55. The maximum absolute atomic E-state index is 12.7. The molecule has 9 heteroatoms. The molecule has 8 nitrogen and oxygen atoms in total. The molecule has 0 spiro atoms. The Kier molecular flexibility index (Phi) is 7.77. The Labute approximate surface area is 185 Å². The fourth-order valence-electron chi connectivity index (χ4n) is 2.93. The maximum atomic E-state index is 12.7. The van der Waals surface area contributed by atoms with E-state index in [1.165, 1.54) is 22.8 Å². The zero-order valence-electron chi connectivity index (χ0n) is 17.8. The molecule has 0 fully saturated rings. The molecule has 0 aliphatic carbocycles. The minimum absolute atomic E-state index is 0.0380. The number of carbonyl (C=O) groups is 2. The number of ether oxygens (including phenoxy) is 1. The van der Waals surface area contributed by atoms with E-state index in [1.54, 1.807) is 26.1 Å². The number of hydrogen-bond donors (Lipinski definition) is 0. The van der Waals surface area contributed by atoms with E-state index >= 15 is 0 Å². The van der Waals surface area contributed by atoms with Crippen molar-refractivity contribution in [3.63, 3.8) is 0 Å². The Morgan fingerprint density at radius 1 is 1.16 bits per heavy atom. The number of benzene rings is 1. The summed E-state index contributed by atoms with van der Waals surface area (Å²) >= 11 is 1.34. The average Bonchev–Trinajstić information content (AvgIpc) is 3.18. The summed E-state index contributed by atoms with van der Waals surface area (Å²) in [7, 11) is 0. The van der Waals surface area contributed by atoms with Crippen molar-refractivity contribution in [2.45, 2.75) is 32.3 Å². The van der Waals surface area contributed by atoms with Crippen LogP contribution in [0, 0.1) is 6.92 Å². The topological polar surface area (TPSA) is 90.2 Å². The minimum atomic E-state index is -0.418. The lowest BCUT2D eigenvalue weighted by Gasteiger charge is -2.20. The number of carbonyl (C=O) groups excluding carboxylic acids is 2. The normalized spacial score (nSPS) is 10.7. The maximum Gasteiger partial charge on any atom is 0.341 e. The molecule has 0 saturated carbocycles. The van der Waals surface area contributed by atoms with Gasteiger partial charge in [-0.3, -0.25) is 4.79 Å². The number of aryl methyl sites for hydroxylation is 1. The first-order chi connectivity index (χ1) is 15.0. The van der Waals surface area contributed by atoms with Crippen molar-refractivity contribution in [3.8, 4) is 5.82 Å². The largest absolute Gasteiger partial charge is 0.462 e. The molecular formula is C22H25N5O3S. The molecule has 2 heterocycles. The van der Waals surface area contributed by atoms with Crippen molar-refractivity contribution in [2.75, 3.05) is 18.9 Å². The lowest BCUT2D eigenvalue weighted by molar-refractivity contribution is -0.128. The highest BCUT2D eigenvalue weighted by atomic mass is 32.2. The van der Waals surface area contributed by atoms with E-state index in [1.807, 2.05) is 42.2 Å². The van der Waals surface area contributed by atoms with Gasteiger partial charge in [0.15, 0.2) is 5.82 Å². The minimum Gasteiger partial charge on any atom is -0.462 e. The monoisotopic (exact) mass is 439 g/mol. The molecule has 1 aromatic carbocycles. The molecular weight excluding hydrogens is 414 g/mol. The van der Waals surface area contributed by atoms with Gasteiger partial charge in [0.25, 0.3) is 0 Å². The first kappa shape index (κ1) is 22.5. The van der Waals surface area contributed by atoms with Gasteiger partial charge in [0.2, 0.25) is 5.91 Å². The molecule has 3 aromatic rings. The summed E-state index contributed by atoms with van der Waals surface area (Å²) in [6.45, 7) is 6.97. The summed E-state index contributed by atoms with van der Waals surface area (Å²) < 4.78 is 6.57. The van der Waals surface area contributed by atoms with E-state index in [0.717, 1.165) is 5.56 Å². The summed E-state index contributed by atoms with van der Waals surface area (Å²) in [5, 5.41) is 5.00. The van der Waals surface area contributed by atoms with Crippen molar-refractivity contribution < 1.29 is 14.3 Å². The molecule has 0 unspecified atom stereocenters. The number of rotatable bonds is 9. The van der Waals surface area contributed by atoms with Gasteiger partial charge >= 0.3 is 5.97 Å². The average molecular weight is 440 g/mol. The Morgan fingerprint density at radius 3 is 2.65 bits per heavy atom. The fourth-order valence-corrected chi connectivity index (χ4v) is 3.69. The van der Waals surface area contributed by atoms with Gasteiger partial charge in [-0.15, -0.1) is 0 Å². The van der Waals surface area contributed by atoms with Crippen molar-refractivity contribution in [1.29, 1.82) is 0 Å². The second-order valence-electron chi connectivity index (χ2n) is 6.69. The van der Waals surface area contributed by atoms with Gasteiger partial charge in [0.05, 0.1) is 18.1 Å². The van der Waals surface area contributed by atoms with E-state index in [0.29, 0.717) is 41.8 Å². The number of aromatic nitrogens is 4. The van der Waals surface area contributed by atoms with Crippen molar-refractivity contribution in [3.05, 3.63) is 65.7 Å². The third-order valence-corrected chi connectivity index (χ3v) is 5.46. The van der Waals surface area contributed by atoms with E-state index < -0.39 is 5.97 Å². The summed E-state index contributed by atoms with van der Waals surface area (Å²) in [6.07, 6.45) is 3.01. The molecule has 0 radical (unpaired) electrons. The Bertz CT molecular complexity index is 1040. The molecule has 0 bridgehead atoms. The second-order valence-corrected chi connectivity index (χ2v) is 7.69. The van der Waals surface area contributed by atoms with E-state index in [2.05, 4.69) is 15.1 Å². The van der Waals surface area contributed by atoms with Crippen LogP contribution in [0.2, 0.25) is 0 Å². The van der Waals surface area contributed by atoms with Crippen LogP contribution in [0.3, 0.4) is 0 Å². The van der Waals surface area contributed by atoms with Crippen LogP contribution in [0.5, 0.6) is 0 Å². The van der Waals surface area contributed by atoms with Crippen LogP contribution in [-0.2, 0) is 16.1 Å². The van der Waals surface area contributed by atoms with Gasteiger partial charge in [-0.25, -0.2) is 19.4 Å². The lowest BCUT2D eigenvalue weighted by Crippen LogP contribution is -2.31. The Hall–Kier alpha value is -3.20. The molecule has 0 atom stereocenters. The molecule has 0 aliphatic rings. The van der Waals surface area contributed by atoms with Crippen molar-refractivity contribution in [2.24, 2.45) is 0 Å². The standard InChI is InChI=1S/C22H25N5O3S/c1-4-26(12-17-9-7-6-8-10-17)21(28)14-31-20-11-19(23-15-24-20)27-13-18(16(3)25-27)22(29)30-5-2/h6-11,13,15H,4-5,12,14H2,1-3H3. The number of nitrogens with zero attached hydrogens (tertiary/aromatic N) is 5. The van der Waals surface area contributed by atoms with Gasteiger partial charge < -0.3 is 9.64 Å². The summed E-state index contributed by atoms with van der Waals surface area (Å²) in [4.78, 5) is 35.0. The first-order valence-electron chi connectivity index (χ1n) is 10.0. The number of thioether (sulfide) groups is 1.